The minimum absolute atomic E-state index is 0.000606. The first-order valence-electron chi connectivity index (χ1n) is 16.1. The van der Waals surface area contributed by atoms with E-state index in [4.69, 9.17) is 18.9 Å². The van der Waals surface area contributed by atoms with Gasteiger partial charge in [0.25, 0.3) is 17.4 Å². The molecule has 15 nitrogen and oxygen atoms in total. The minimum atomic E-state index is -1.73. The molecule has 0 bridgehead atoms. The van der Waals surface area contributed by atoms with Crippen LogP contribution in [0.3, 0.4) is 0 Å². The van der Waals surface area contributed by atoms with Crippen LogP contribution < -0.4 is 15.8 Å². The van der Waals surface area contributed by atoms with E-state index in [0.717, 1.165) is 12.3 Å². The van der Waals surface area contributed by atoms with E-state index in [0.29, 0.717) is 16.1 Å². The topological polar surface area (TPSA) is 187 Å². The summed E-state index contributed by atoms with van der Waals surface area (Å²) in [6.45, 7) is 10.5. The molecule has 15 heteroatoms. The molecular weight excluding hydrogens is 662 g/mol. The molecule has 2 aromatic carbocycles. The van der Waals surface area contributed by atoms with Crippen LogP contribution in [0.4, 0.5) is 21.0 Å². The predicted octanol–water partition coefficient (Wildman–Crippen LogP) is 4.38. The number of fused-ring (bicyclic) bond motifs is 1. The zero-order valence-corrected chi connectivity index (χ0v) is 29.8. The summed E-state index contributed by atoms with van der Waals surface area (Å²) < 4.78 is 23.3. The van der Waals surface area contributed by atoms with Crippen molar-refractivity contribution in [2.24, 2.45) is 7.05 Å². The zero-order valence-electron chi connectivity index (χ0n) is 29.8. The van der Waals surface area contributed by atoms with E-state index in [1.807, 2.05) is 6.07 Å². The van der Waals surface area contributed by atoms with E-state index in [1.54, 1.807) is 72.9 Å². The van der Waals surface area contributed by atoms with Gasteiger partial charge in [-0.25, -0.2) is 14.5 Å². The molecule has 4 amide bonds. The van der Waals surface area contributed by atoms with E-state index in [2.05, 4.69) is 5.32 Å². The van der Waals surface area contributed by atoms with Crippen LogP contribution >= 0.6 is 0 Å². The number of amides is 4. The largest absolute Gasteiger partial charge is 0.449 e. The van der Waals surface area contributed by atoms with Crippen molar-refractivity contribution in [1.82, 2.24) is 9.47 Å². The maximum atomic E-state index is 13.8. The smallest absolute Gasteiger partial charge is 0.420 e. The van der Waals surface area contributed by atoms with E-state index in [-0.39, 0.29) is 35.5 Å². The molecule has 4 rings (SSSR count). The van der Waals surface area contributed by atoms with Crippen LogP contribution in [0.1, 0.15) is 59.6 Å². The van der Waals surface area contributed by atoms with Gasteiger partial charge in [0.15, 0.2) is 6.10 Å². The second kappa shape index (κ2) is 15.0. The lowest BCUT2D eigenvalue weighted by molar-refractivity contribution is -0.167. The molecule has 3 aromatic rings. The summed E-state index contributed by atoms with van der Waals surface area (Å²) in [7, 11) is 1.61. The highest BCUT2D eigenvalue weighted by molar-refractivity contribution is 6.05. The van der Waals surface area contributed by atoms with Gasteiger partial charge in [0.05, 0.1) is 30.3 Å². The standard InChI is InChI=1S/C36H41N5O10/c1-21(42)49-29(30-32(45)40(15-16-48-30)26-13-10-22-11-14-28(43)39(8)27(22)18-26)31(44)38-25-12-9-23(19-37)24(17-25)20-41(33(46)50-35(2,3)4)34(47)51-36(5,6)7/h9-14,17-18,29-30H,15-16,20H2,1-8H3,(H,38,44)/t29-,30-/m1/s1. The number of hydrogen-bond donors (Lipinski definition) is 1. The molecule has 1 aromatic heterocycles. The summed E-state index contributed by atoms with van der Waals surface area (Å²) in [6.07, 6.45) is -5.31. The Kier molecular flexibility index (Phi) is 11.2. The number of nitriles is 1. The van der Waals surface area contributed by atoms with Crippen molar-refractivity contribution < 1.29 is 42.9 Å². The van der Waals surface area contributed by atoms with Crippen LogP contribution in [0.15, 0.2) is 53.3 Å². The Morgan fingerprint density at radius 3 is 2.20 bits per heavy atom. The first-order chi connectivity index (χ1) is 23.8. The summed E-state index contributed by atoms with van der Waals surface area (Å²) in [4.78, 5) is 80.2. The number of esters is 1. The number of pyridine rings is 1. The van der Waals surface area contributed by atoms with Crippen LogP contribution in [-0.4, -0.2) is 76.0 Å². The van der Waals surface area contributed by atoms with Crippen molar-refractivity contribution in [2.75, 3.05) is 23.4 Å². The van der Waals surface area contributed by atoms with Crippen molar-refractivity contribution >= 4 is 52.2 Å². The molecule has 0 radical (unpaired) electrons. The molecule has 0 unspecified atom stereocenters. The first-order valence-corrected chi connectivity index (χ1v) is 16.1. The number of nitrogens with one attached hydrogen (secondary N) is 1. The number of aryl methyl sites for hydroxylation is 1. The zero-order chi connectivity index (χ0) is 37.8. The fourth-order valence-corrected chi connectivity index (χ4v) is 5.17. The highest BCUT2D eigenvalue weighted by Crippen LogP contribution is 2.27. The Balaban J connectivity index is 1.62. The second-order valence-electron chi connectivity index (χ2n) is 13.8. The van der Waals surface area contributed by atoms with Crippen LogP contribution in [0.5, 0.6) is 0 Å². The average molecular weight is 704 g/mol. The molecule has 1 aliphatic rings. The lowest BCUT2D eigenvalue weighted by Gasteiger charge is -2.35. The molecule has 2 heterocycles. The number of carbonyl (C=O) groups excluding carboxylic acids is 5. The quantitative estimate of drug-likeness (QED) is 0.272. The molecule has 51 heavy (non-hydrogen) atoms. The Morgan fingerprint density at radius 2 is 1.61 bits per heavy atom. The van der Waals surface area contributed by atoms with E-state index >= 15 is 0 Å². The number of nitrogens with zero attached hydrogens (tertiary/aromatic N) is 4. The van der Waals surface area contributed by atoms with Crippen LogP contribution in [0.2, 0.25) is 0 Å². The molecule has 0 saturated carbocycles. The highest BCUT2D eigenvalue weighted by Gasteiger charge is 2.43. The Bertz CT molecular complexity index is 1940. The summed E-state index contributed by atoms with van der Waals surface area (Å²) in [5.41, 5.74) is -0.802. The third kappa shape index (κ3) is 9.49. The number of imide groups is 1. The van der Waals surface area contributed by atoms with Crippen LogP contribution in [0.25, 0.3) is 10.9 Å². The molecule has 0 spiro atoms. The molecule has 1 aliphatic heterocycles. The van der Waals surface area contributed by atoms with Gasteiger partial charge in [0.2, 0.25) is 6.10 Å². The molecule has 0 aliphatic carbocycles. The van der Waals surface area contributed by atoms with Crippen molar-refractivity contribution in [3.05, 3.63) is 70.0 Å². The SMILES string of the molecule is CC(=O)O[C@@H](C(=O)Nc1ccc(C#N)c(CN(C(=O)OC(C)(C)C)C(=O)OC(C)(C)C)c1)[C@H]1OCCN(c2ccc3ccc(=O)n(C)c3c2)C1=O. The summed E-state index contributed by atoms with van der Waals surface area (Å²) >= 11 is 0. The van der Waals surface area contributed by atoms with Crippen molar-refractivity contribution in [2.45, 2.75) is 78.4 Å². The number of ether oxygens (including phenoxy) is 4. The van der Waals surface area contributed by atoms with Gasteiger partial charge in [-0.15, -0.1) is 0 Å². The second-order valence-corrected chi connectivity index (χ2v) is 13.8. The molecule has 270 valence electrons. The minimum Gasteiger partial charge on any atom is -0.449 e. The van der Waals surface area contributed by atoms with Gasteiger partial charge in [-0.2, -0.15) is 5.26 Å². The number of benzene rings is 2. The number of rotatable bonds is 7. The third-order valence-corrected chi connectivity index (χ3v) is 7.42. The average Bonchev–Trinajstić information content (AvgIpc) is 3.02. The van der Waals surface area contributed by atoms with Crippen LogP contribution in [0, 0.1) is 11.3 Å². The number of aromatic nitrogens is 1. The number of morpholine rings is 1. The maximum absolute atomic E-state index is 13.8. The van der Waals surface area contributed by atoms with Crippen molar-refractivity contribution in [1.29, 1.82) is 5.26 Å². The molecular formula is C36H41N5O10. The van der Waals surface area contributed by atoms with E-state index < -0.39 is 59.9 Å². The van der Waals surface area contributed by atoms with E-state index in [1.165, 1.54) is 33.7 Å². The molecule has 1 saturated heterocycles. The Labute approximate surface area is 294 Å². The summed E-state index contributed by atoms with van der Waals surface area (Å²) in [5, 5.41) is 13.2. The normalized spacial score (nSPS) is 15.4. The lowest BCUT2D eigenvalue weighted by atomic mass is 10.1. The predicted molar refractivity (Wildman–Crippen MR) is 185 cm³/mol. The molecule has 1 fully saturated rings. The summed E-state index contributed by atoms with van der Waals surface area (Å²) in [5.74, 6) is -2.43. The van der Waals surface area contributed by atoms with Gasteiger partial charge in [0.1, 0.15) is 11.2 Å². The third-order valence-electron chi connectivity index (χ3n) is 7.42. The highest BCUT2D eigenvalue weighted by atomic mass is 16.6. The van der Waals surface area contributed by atoms with E-state index in [9.17, 15) is 34.0 Å². The first kappa shape index (κ1) is 38.1. The van der Waals surface area contributed by atoms with Gasteiger partial charge in [-0.05, 0) is 88.9 Å². The fraction of sp³-hybridized carbons (Fsp3) is 0.417. The van der Waals surface area contributed by atoms with Crippen molar-refractivity contribution in [3.8, 4) is 6.07 Å². The Morgan fingerprint density at radius 1 is 0.980 bits per heavy atom. The van der Waals surface area contributed by atoms with Gasteiger partial charge in [-0.1, -0.05) is 6.07 Å². The molecule has 2 atom stereocenters. The lowest BCUT2D eigenvalue weighted by Crippen LogP contribution is -2.56. The van der Waals surface area contributed by atoms with Crippen LogP contribution in [-0.2, 0) is 46.9 Å². The van der Waals surface area contributed by atoms with Gasteiger partial charge >= 0.3 is 18.2 Å². The van der Waals surface area contributed by atoms with Gasteiger partial charge < -0.3 is 33.7 Å². The monoisotopic (exact) mass is 703 g/mol. The van der Waals surface area contributed by atoms with Gasteiger partial charge in [-0.3, -0.25) is 19.2 Å². The maximum Gasteiger partial charge on any atom is 0.420 e. The number of hydrogen-bond acceptors (Lipinski definition) is 11. The Hall–Kier alpha value is -5.75. The summed E-state index contributed by atoms with van der Waals surface area (Å²) in [6, 6.07) is 14.4. The molecule has 1 N–H and O–H groups in total. The van der Waals surface area contributed by atoms with Crippen molar-refractivity contribution in [3.63, 3.8) is 0 Å². The van der Waals surface area contributed by atoms with Gasteiger partial charge in [0, 0.05) is 38.0 Å². The fourth-order valence-electron chi connectivity index (χ4n) is 5.17. The number of carbonyl (C=O) groups is 5. The number of anilines is 2.